The third-order valence-corrected chi connectivity index (χ3v) is 6.93. The molecule has 1 amide bonds. The van der Waals surface area contributed by atoms with Crippen LogP contribution in [0.5, 0.6) is 0 Å². The number of aliphatic hydroxyl groups is 1. The second-order valence-corrected chi connectivity index (χ2v) is 9.79. The van der Waals surface area contributed by atoms with Gasteiger partial charge < -0.3 is 29.5 Å². The molecule has 0 aliphatic carbocycles. The van der Waals surface area contributed by atoms with Crippen LogP contribution in [0.2, 0.25) is 0 Å². The van der Waals surface area contributed by atoms with Gasteiger partial charge in [0.15, 0.2) is 6.10 Å². The second-order valence-electron chi connectivity index (χ2n) is 9.79. The molecule has 2 N–H and O–H groups in total. The molecule has 0 bridgehead atoms. The van der Waals surface area contributed by atoms with Crippen molar-refractivity contribution in [1.29, 1.82) is 0 Å². The topological polar surface area (TPSA) is 80.3 Å². The average molecular weight is 533 g/mol. The SMILES string of the molecule is CC[C@@H](O)[C@@H](OCc1ccccc1)[C@H](OCc1ccccc1)[C@@H](OCc1ccccc1)C(=O)N1CCNCC1. The van der Waals surface area contributed by atoms with Crippen molar-refractivity contribution in [3.63, 3.8) is 0 Å². The van der Waals surface area contributed by atoms with Crippen molar-refractivity contribution in [2.24, 2.45) is 0 Å². The summed E-state index contributed by atoms with van der Waals surface area (Å²) in [6, 6.07) is 29.4. The molecule has 7 heteroatoms. The number of nitrogens with one attached hydrogen (secondary N) is 1. The van der Waals surface area contributed by atoms with Crippen LogP contribution in [0.1, 0.15) is 30.0 Å². The summed E-state index contributed by atoms with van der Waals surface area (Å²) in [5, 5.41) is 14.5. The van der Waals surface area contributed by atoms with Gasteiger partial charge in [0.1, 0.15) is 12.2 Å². The van der Waals surface area contributed by atoms with Crippen molar-refractivity contribution >= 4 is 5.91 Å². The van der Waals surface area contributed by atoms with Gasteiger partial charge in [-0.25, -0.2) is 0 Å². The number of benzene rings is 3. The maximum Gasteiger partial charge on any atom is 0.254 e. The Morgan fingerprint density at radius 3 is 1.64 bits per heavy atom. The number of nitrogens with zero attached hydrogens (tertiary/aromatic N) is 1. The van der Waals surface area contributed by atoms with Gasteiger partial charge in [-0.05, 0) is 23.1 Å². The van der Waals surface area contributed by atoms with E-state index in [2.05, 4.69) is 5.32 Å². The predicted molar refractivity (Wildman–Crippen MR) is 151 cm³/mol. The first-order chi connectivity index (χ1) is 19.2. The normalized spacial score (nSPS) is 16.8. The lowest BCUT2D eigenvalue weighted by molar-refractivity contribution is -0.191. The van der Waals surface area contributed by atoms with Crippen molar-refractivity contribution in [3.8, 4) is 0 Å². The van der Waals surface area contributed by atoms with E-state index in [9.17, 15) is 9.90 Å². The van der Waals surface area contributed by atoms with Crippen molar-refractivity contribution in [2.75, 3.05) is 26.2 Å². The van der Waals surface area contributed by atoms with E-state index in [0.29, 0.717) is 19.5 Å². The standard InChI is InChI=1S/C32H40N2O5/c1-2-28(35)29(37-22-25-12-6-3-7-13-25)30(38-23-26-14-8-4-9-15-26)31(32(36)34-20-18-33-19-21-34)39-24-27-16-10-5-11-17-27/h3-17,28-31,33,35H,2,18-24H2,1H3/t28-,29-,30+,31-/m1/s1. The molecule has 7 nitrogen and oxygen atoms in total. The van der Waals surface area contributed by atoms with Crippen LogP contribution in [0.25, 0.3) is 0 Å². The summed E-state index contributed by atoms with van der Waals surface area (Å²) in [6.45, 7) is 5.28. The van der Waals surface area contributed by atoms with Crippen molar-refractivity contribution < 1.29 is 24.1 Å². The first-order valence-corrected chi connectivity index (χ1v) is 13.8. The van der Waals surface area contributed by atoms with E-state index in [1.54, 1.807) is 0 Å². The molecule has 1 saturated heterocycles. The van der Waals surface area contributed by atoms with Crippen LogP contribution in [0.3, 0.4) is 0 Å². The third-order valence-electron chi connectivity index (χ3n) is 6.93. The Morgan fingerprint density at radius 2 is 1.18 bits per heavy atom. The van der Waals surface area contributed by atoms with Gasteiger partial charge in [-0.1, -0.05) is 97.9 Å². The van der Waals surface area contributed by atoms with E-state index in [1.807, 2.05) is 103 Å². The Kier molecular flexibility index (Phi) is 11.5. The minimum atomic E-state index is -0.964. The molecular weight excluding hydrogens is 492 g/mol. The van der Waals surface area contributed by atoms with Gasteiger partial charge in [0.25, 0.3) is 5.91 Å². The van der Waals surface area contributed by atoms with E-state index in [-0.39, 0.29) is 25.7 Å². The van der Waals surface area contributed by atoms with E-state index in [4.69, 9.17) is 14.2 Å². The molecule has 39 heavy (non-hydrogen) atoms. The molecule has 1 aliphatic rings. The summed E-state index contributed by atoms with van der Waals surface area (Å²) in [7, 11) is 0. The van der Waals surface area contributed by atoms with Crippen molar-refractivity contribution in [2.45, 2.75) is 57.6 Å². The number of ether oxygens (including phenoxy) is 3. The number of carbonyl (C=O) groups is 1. The fourth-order valence-corrected chi connectivity index (χ4v) is 4.68. The van der Waals surface area contributed by atoms with Gasteiger partial charge in [0.05, 0.1) is 25.9 Å². The lowest BCUT2D eigenvalue weighted by Gasteiger charge is -2.38. The molecular formula is C32H40N2O5. The zero-order valence-electron chi connectivity index (χ0n) is 22.7. The lowest BCUT2D eigenvalue weighted by atomic mass is 9.98. The Balaban J connectivity index is 1.64. The Bertz CT molecular complexity index is 1090. The number of amides is 1. The molecule has 3 aromatic carbocycles. The van der Waals surface area contributed by atoms with Crippen LogP contribution >= 0.6 is 0 Å². The Hall–Kier alpha value is -3.07. The maximum absolute atomic E-state index is 14.0. The fraction of sp³-hybridized carbons (Fsp3) is 0.406. The first-order valence-electron chi connectivity index (χ1n) is 13.8. The smallest absolute Gasteiger partial charge is 0.254 e. The highest BCUT2D eigenvalue weighted by Gasteiger charge is 2.42. The quantitative estimate of drug-likeness (QED) is 0.327. The number of hydrogen-bond donors (Lipinski definition) is 2. The highest BCUT2D eigenvalue weighted by molar-refractivity contribution is 5.82. The van der Waals surface area contributed by atoms with Crippen LogP contribution < -0.4 is 5.32 Å². The number of aliphatic hydroxyl groups excluding tert-OH is 1. The summed E-state index contributed by atoms with van der Waals surface area (Å²) in [4.78, 5) is 15.8. The zero-order valence-corrected chi connectivity index (χ0v) is 22.7. The molecule has 0 unspecified atom stereocenters. The van der Waals surface area contributed by atoms with Crippen LogP contribution in [0.4, 0.5) is 0 Å². The fourth-order valence-electron chi connectivity index (χ4n) is 4.68. The van der Waals surface area contributed by atoms with E-state index in [1.165, 1.54) is 0 Å². The highest BCUT2D eigenvalue weighted by atomic mass is 16.6. The molecule has 0 aromatic heterocycles. The van der Waals surface area contributed by atoms with Gasteiger partial charge in [-0.3, -0.25) is 4.79 Å². The molecule has 208 valence electrons. The largest absolute Gasteiger partial charge is 0.390 e. The number of carbonyl (C=O) groups excluding carboxylic acids is 1. The third kappa shape index (κ3) is 8.71. The van der Waals surface area contributed by atoms with Gasteiger partial charge in [0, 0.05) is 26.2 Å². The Morgan fingerprint density at radius 1 is 0.744 bits per heavy atom. The number of hydrogen-bond acceptors (Lipinski definition) is 6. The van der Waals surface area contributed by atoms with E-state index < -0.39 is 24.4 Å². The van der Waals surface area contributed by atoms with Crippen LogP contribution in [-0.4, -0.2) is 66.5 Å². The number of piperazine rings is 1. The molecule has 1 fully saturated rings. The average Bonchev–Trinajstić information content (AvgIpc) is 3.01. The monoisotopic (exact) mass is 532 g/mol. The van der Waals surface area contributed by atoms with Gasteiger partial charge in [-0.2, -0.15) is 0 Å². The molecule has 0 saturated carbocycles. The van der Waals surface area contributed by atoms with E-state index >= 15 is 0 Å². The molecule has 3 aromatic rings. The second kappa shape index (κ2) is 15.5. The Labute approximate surface area is 231 Å². The van der Waals surface area contributed by atoms with Crippen LogP contribution in [0, 0.1) is 0 Å². The molecule has 0 radical (unpaired) electrons. The number of rotatable bonds is 14. The predicted octanol–water partition coefficient (Wildman–Crippen LogP) is 3.95. The molecule has 1 heterocycles. The summed E-state index contributed by atoms with van der Waals surface area (Å²) in [5.41, 5.74) is 2.89. The summed E-state index contributed by atoms with van der Waals surface area (Å²) in [5.74, 6) is -0.151. The summed E-state index contributed by atoms with van der Waals surface area (Å²) in [6.07, 6.45) is -3.00. The minimum Gasteiger partial charge on any atom is -0.390 e. The summed E-state index contributed by atoms with van der Waals surface area (Å²) < 4.78 is 19.2. The molecule has 4 atom stereocenters. The van der Waals surface area contributed by atoms with Gasteiger partial charge in [0.2, 0.25) is 0 Å². The lowest BCUT2D eigenvalue weighted by Crippen LogP contribution is -2.57. The maximum atomic E-state index is 14.0. The van der Waals surface area contributed by atoms with E-state index in [0.717, 1.165) is 29.8 Å². The van der Waals surface area contributed by atoms with Gasteiger partial charge in [-0.15, -0.1) is 0 Å². The van der Waals surface area contributed by atoms with Crippen LogP contribution in [-0.2, 0) is 38.8 Å². The zero-order chi connectivity index (χ0) is 27.3. The first kappa shape index (κ1) is 28.9. The summed E-state index contributed by atoms with van der Waals surface area (Å²) >= 11 is 0. The van der Waals surface area contributed by atoms with Crippen molar-refractivity contribution in [1.82, 2.24) is 10.2 Å². The minimum absolute atomic E-state index is 0.151. The highest BCUT2D eigenvalue weighted by Crippen LogP contribution is 2.23. The van der Waals surface area contributed by atoms with Crippen molar-refractivity contribution in [3.05, 3.63) is 108 Å². The molecule has 4 rings (SSSR count). The molecule has 1 aliphatic heterocycles. The van der Waals surface area contributed by atoms with Crippen LogP contribution in [0.15, 0.2) is 91.0 Å². The molecule has 0 spiro atoms. The van der Waals surface area contributed by atoms with Gasteiger partial charge >= 0.3 is 0 Å².